The second kappa shape index (κ2) is 6.55. The van der Waals surface area contributed by atoms with Gasteiger partial charge < -0.3 is 10.1 Å². The summed E-state index contributed by atoms with van der Waals surface area (Å²) in [4.78, 5) is 11.8. The third-order valence-electron chi connectivity index (χ3n) is 3.08. The Labute approximate surface area is 109 Å². The zero-order chi connectivity index (χ0) is 12.8. The Bertz CT molecular complexity index is 399. The van der Waals surface area contributed by atoms with E-state index in [-0.39, 0.29) is 5.91 Å². The first kappa shape index (κ1) is 13.1. The van der Waals surface area contributed by atoms with Crippen LogP contribution in [-0.4, -0.2) is 25.7 Å². The van der Waals surface area contributed by atoms with Gasteiger partial charge in [0.2, 0.25) is 0 Å². The minimum atomic E-state index is 0.000827. The molecule has 1 fully saturated rings. The standard InChI is InChI=1S/C15H21NO2/c1-12-4-2-5-14(10-12)15(17)16-8-3-9-18-11-13-6-7-13/h2,4-5,10,13H,3,6-9,11H2,1H3,(H,16,17). The highest BCUT2D eigenvalue weighted by Gasteiger charge is 2.20. The lowest BCUT2D eigenvalue weighted by molar-refractivity contribution is 0.0937. The summed E-state index contributed by atoms with van der Waals surface area (Å²) in [6.07, 6.45) is 3.53. The minimum absolute atomic E-state index is 0.000827. The Kier molecular flexibility index (Phi) is 4.76. The van der Waals surface area contributed by atoms with Gasteiger partial charge in [0.05, 0.1) is 0 Å². The van der Waals surface area contributed by atoms with Crippen molar-refractivity contribution < 1.29 is 9.53 Å². The number of carbonyl (C=O) groups excluding carboxylic acids is 1. The zero-order valence-electron chi connectivity index (χ0n) is 10.9. The van der Waals surface area contributed by atoms with Gasteiger partial charge in [0.25, 0.3) is 5.91 Å². The van der Waals surface area contributed by atoms with Crippen LogP contribution < -0.4 is 5.32 Å². The third-order valence-corrected chi connectivity index (χ3v) is 3.08. The van der Waals surface area contributed by atoms with Crippen LogP contribution in [0.1, 0.15) is 35.2 Å². The summed E-state index contributed by atoms with van der Waals surface area (Å²) in [7, 11) is 0. The Morgan fingerprint density at radius 2 is 2.28 bits per heavy atom. The number of benzene rings is 1. The predicted octanol–water partition coefficient (Wildman–Crippen LogP) is 2.54. The molecule has 0 aliphatic heterocycles. The van der Waals surface area contributed by atoms with Crippen molar-refractivity contribution in [2.24, 2.45) is 5.92 Å². The molecule has 2 rings (SSSR count). The number of aryl methyl sites for hydroxylation is 1. The first-order chi connectivity index (χ1) is 8.75. The molecule has 0 bridgehead atoms. The maximum absolute atomic E-state index is 11.8. The fourth-order valence-electron chi connectivity index (χ4n) is 1.80. The van der Waals surface area contributed by atoms with Crippen molar-refractivity contribution in [2.75, 3.05) is 19.8 Å². The van der Waals surface area contributed by atoms with Crippen LogP contribution in [-0.2, 0) is 4.74 Å². The molecule has 1 amide bonds. The van der Waals surface area contributed by atoms with Crippen LogP contribution in [0.3, 0.4) is 0 Å². The Morgan fingerprint density at radius 3 is 3.00 bits per heavy atom. The van der Waals surface area contributed by atoms with Crippen LogP contribution in [0.5, 0.6) is 0 Å². The monoisotopic (exact) mass is 247 g/mol. The topological polar surface area (TPSA) is 38.3 Å². The van der Waals surface area contributed by atoms with Crippen molar-refractivity contribution in [2.45, 2.75) is 26.2 Å². The molecule has 0 heterocycles. The number of rotatable bonds is 7. The van der Waals surface area contributed by atoms with Crippen molar-refractivity contribution in [1.82, 2.24) is 5.32 Å². The fourth-order valence-corrected chi connectivity index (χ4v) is 1.80. The van der Waals surface area contributed by atoms with E-state index in [4.69, 9.17) is 4.74 Å². The molecule has 18 heavy (non-hydrogen) atoms. The van der Waals surface area contributed by atoms with Crippen LogP contribution in [0.15, 0.2) is 24.3 Å². The van der Waals surface area contributed by atoms with E-state index in [9.17, 15) is 4.79 Å². The van der Waals surface area contributed by atoms with Crippen LogP contribution in [0.4, 0.5) is 0 Å². The molecule has 0 radical (unpaired) electrons. The average Bonchev–Trinajstić information content (AvgIpc) is 3.17. The molecule has 0 spiro atoms. The van der Waals surface area contributed by atoms with E-state index in [0.717, 1.165) is 36.7 Å². The number of amides is 1. The van der Waals surface area contributed by atoms with Crippen LogP contribution >= 0.6 is 0 Å². The molecule has 1 N–H and O–H groups in total. The van der Waals surface area contributed by atoms with Gasteiger partial charge in [0.15, 0.2) is 0 Å². The number of hydrogen-bond acceptors (Lipinski definition) is 2. The average molecular weight is 247 g/mol. The lowest BCUT2D eigenvalue weighted by atomic mass is 10.1. The Morgan fingerprint density at radius 1 is 1.44 bits per heavy atom. The Hall–Kier alpha value is -1.35. The molecule has 0 aromatic heterocycles. The van der Waals surface area contributed by atoms with Crippen molar-refractivity contribution in [1.29, 1.82) is 0 Å². The van der Waals surface area contributed by atoms with Gasteiger partial charge in [-0.15, -0.1) is 0 Å². The van der Waals surface area contributed by atoms with Crippen LogP contribution in [0, 0.1) is 12.8 Å². The van der Waals surface area contributed by atoms with Crippen molar-refractivity contribution in [3.05, 3.63) is 35.4 Å². The van der Waals surface area contributed by atoms with Gasteiger partial charge in [-0.05, 0) is 44.2 Å². The second-order valence-corrected chi connectivity index (χ2v) is 5.00. The van der Waals surface area contributed by atoms with Gasteiger partial charge in [0, 0.05) is 25.3 Å². The number of hydrogen-bond donors (Lipinski definition) is 1. The highest BCUT2D eigenvalue weighted by atomic mass is 16.5. The smallest absolute Gasteiger partial charge is 0.251 e. The summed E-state index contributed by atoms with van der Waals surface area (Å²) in [5.41, 5.74) is 1.84. The number of carbonyl (C=O) groups is 1. The van der Waals surface area contributed by atoms with E-state index in [1.165, 1.54) is 12.8 Å². The molecule has 98 valence electrons. The molecule has 1 aliphatic carbocycles. The van der Waals surface area contributed by atoms with Crippen molar-refractivity contribution in [3.63, 3.8) is 0 Å². The highest BCUT2D eigenvalue weighted by molar-refractivity contribution is 5.94. The van der Waals surface area contributed by atoms with E-state index in [2.05, 4.69) is 5.32 Å². The van der Waals surface area contributed by atoms with E-state index in [0.29, 0.717) is 6.54 Å². The molecule has 1 saturated carbocycles. The van der Waals surface area contributed by atoms with E-state index >= 15 is 0 Å². The lowest BCUT2D eigenvalue weighted by Crippen LogP contribution is -2.25. The van der Waals surface area contributed by atoms with Gasteiger partial charge in [-0.2, -0.15) is 0 Å². The maximum Gasteiger partial charge on any atom is 0.251 e. The van der Waals surface area contributed by atoms with E-state index in [1.54, 1.807) is 0 Å². The normalized spacial score (nSPS) is 14.5. The lowest BCUT2D eigenvalue weighted by Gasteiger charge is -2.06. The SMILES string of the molecule is Cc1cccc(C(=O)NCCCOCC2CC2)c1. The van der Waals surface area contributed by atoms with Crippen LogP contribution in [0.25, 0.3) is 0 Å². The van der Waals surface area contributed by atoms with Gasteiger partial charge in [-0.3, -0.25) is 4.79 Å². The molecular formula is C15H21NO2. The molecule has 1 aromatic carbocycles. The number of nitrogens with one attached hydrogen (secondary N) is 1. The number of ether oxygens (including phenoxy) is 1. The summed E-state index contributed by atoms with van der Waals surface area (Å²) in [5, 5.41) is 2.91. The highest BCUT2D eigenvalue weighted by Crippen LogP contribution is 2.28. The first-order valence-electron chi connectivity index (χ1n) is 6.68. The predicted molar refractivity (Wildman–Crippen MR) is 71.7 cm³/mol. The largest absolute Gasteiger partial charge is 0.381 e. The zero-order valence-corrected chi connectivity index (χ0v) is 10.9. The Balaban J connectivity index is 1.59. The molecule has 0 unspecified atom stereocenters. The van der Waals surface area contributed by atoms with Gasteiger partial charge >= 0.3 is 0 Å². The molecule has 3 nitrogen and oxygen atoms in total. The molecule has 3 heteroatoms. The third kappa shape index (κ3) is 4.49. The van der Waals surface area contributed by atoms with Crippen molar-refractivity contribution in [3.8, 4) is 0 Å². The van der Waals surface area contributed by atoms with Gasteiger partial charge in [-0.1, -0.05) is 17.7 Å². The summed E-state index contributed by atoms with van der Waals surface area (Å²) in [6.45, 7) is 4.30. The van der Waals surface area contributed by atoms with E-state index < -0.39 is 0 Å². The second-order valence-electron chi connectivity index (χ2n) is 5.00. The quantitative estimate of drug-likeness (QED) is 0.752. The molecular weight excluding hydrogens is 226 g/mol. The van der Waals surface area contributed by atoms with Gasteiger partial charge in [-0.25, -0.2) is 0 Å². The fraction of sp³-hybridized carbons (Fsp3) is 0.533. The van der Waals surface area contributed by atoms with Crippen LogP contribution in [0.2, 0.25) is 0 Å². The summed E-state index contributed by atoms with van der Waals surface area (Å²) in [5.74, 6) is 0.813. The first-order valence-corrected chi connectivity index (χ1v) is 6.68. The molecule has 1 aliphatic rings. The minimum Gasteiger partial charge on any atom is -0.381 e. The summed E-state index contributed by atoms with van der Waals surface area (Å²) in [6, 6.07) is 7.64. The maximum atomic E-state index is 11.8. The summed E-state index contributed by atoms with van der Waals surface area (Å²) < 4.78 is 5.51. The molecule has 0 atom stereocenters. The van der Waals surface area contributed by atoms with Crippen molar-refractivity contribution >= 4 is 5.91 Å². The molecule has 1 aromatic rings. The van der Waals surface area contributed by atoms with E-state index in [1.807, 2.05) is 31.2 Å². The van der Waals surface area contributed by atoms with Gasteiger partial charge in [0.1, 0.15) is 0 Å². The summed E-state index contributed by atoms with van der Waals surface area (Å²) >= 11 is 0. The molecule has 0 saturated heterocycles.